The zero-order valence-corrected chi connectivity index (χ0v) is 27.2. The lowest BCUT2D eigenvalue weighted by atomic mass is 9.34. The Morgan fingerprint density at radius 2 is 0.947 bits per heavy atom. The Balaban J connectivity index is 0.00000172. The molecule has 0 aliphatic heterocycles. The summed E-state index contributed by atoms with van der Waals surface area (Å²) in [5, 5.41) is 0. The van der Waals surface area contributed by atoms with E-state index >= 15 is 0 Å². The molecule has 0 bridgehead atoms. The molecular weight excluding hydrogens is 459 g/mol. The van der Waals surface area contributed by atoms with Gasteiger partial charge < -0.3 is 0 Å². The van der Waals surface area contributed by atoms with E-state index in [0.717, 1.165) is 23.0 Å². The van der Waals surface area contributed by atoms with Crippen molar-refractivity contribution in [3.05, 3.63) is 91.0 Å². The molecule has 206 valence electrons. The van der Waals surface area contributed by atoms with E-state index in [1.807, 2.05) is 34.6 Å². The number of Topliss-reactive ketones (excluding diaryl/α,β-unsaturated/α-hetero) is 1. The Labute approximate surface area is 235 Å². The van der Waals surface area contributed by atoms with E-state index in [2.05, 4.69) is 93.5 Å². The minimum absolute atomic E-state index is 0.240. The summed E-state index contributed by atoms with van der Waals surface area (Å²) in [6.07, 6.45) is 1.51. The minimum atomic E-state index is 0.240. The molecule has 3 aromatic carbocycles. The lowest BCUT2D eigenvalue weighted by molar-refractivity contribution is 0.0987. The summed E-state index contributed by atoms with van der Waals surface area (Å²) in [6.45, 7) is 32.3. The second kappa shape index (κ2) is 14.5. The van der Waals surface area contributed by atoms with Gasteiger partial charge in [0.25, 0.3) is 0 Å². The summed E-state index contributed by atoms with van der Waals surface area (Å²) in [5.41, 5.74) is 18.1. The summed E-state index contributed by atoms with van der Waals surface area (Å²) in [5.74, 6) is 0.247. The standard InChI is InChI=1S/C32H41BO.2C2H6/c1-12-29(34)30-24(8)26(10)32(27(11)25(30)9)33(31-22(6)15-19(3)16-23(31)7)17-28-20(4)13-18(2)14-21(28)5;2*1-2/h13-16H,12,17H2,1-11H3;2*1-2H3. The maximum absolute atomic E-state index is 12.9. The molecule has 0 aromatic heterocycles. The van der Waals surface area contributed by atoms with E-state index in [4.69, 9.17) is 0 Å². The van der Waals surface area contributed by atoms with E-state index < -0.39 is 0 Å². The van der Waals surface area contributed by atoms with Crippen LogP contribution in [0.15, 0.2) is 24.3 Å². The van der Waals surface area contributed by atoms with E-state index in [-0.39, 0.29) is 12.5 Å². The SMILES string of the molecule is CC.CC.CCC(=O)c1c(C)c(C)c(B(Cc2c(C)cc(C)cc2C)c2c(C)cc(C)cc2C)c(C)c1C. The normalized spacial score (nSPS) is 10.3. The van der Waals surface area contributed by atoms with Crippen LogP contribution in [0.1, 0.15) is 113 Å². The molecule has 0 aliphatic carbocycles. The molecule has 0 saturated carbocycles. The topological polar surface area (TPSA) is 17.1 Å². The van der Waals surface area contributed by atoms with E-state index in [1.54, 1.807) is 0 Å². The first-order valence-corrected chi connectivity index (χ1v) is 14.7. The molecule has 1 nitrogen and oxygen atoms in total. The smallest absolute Gasteiger partial charge is 0.215 e. The van der Waals surface area contributed by atoms with Crippen LogP contribution in [0.3, 0.4) is 0 Å². The Hall–Kier alpha value is -2.61. The van der Waals surface area contributed by atoms with E-state index in [0.29, 0.717) is 6.42 Å². The maximum Gasteiger partial charge on any atom is 0.215 e. The van der Waals surface area contributed by atoms with Crippen molar-refractivity contribution in [2.45, 2.75) is 117 Å². The molecule has 0 radical (unpaired) electrons. The van der Waals surface area contributed by atoms with Gasteiger partial charge in [0, 0.05) is 12.0 Å². The predicted octanol–water partition coefficient (Wildman–Crippen LogP) is 8.81. The molecule has 38 heavy (non-hydrogen) atoms. The van der Waals surface area contributed by atoms with Crippen LogP contribution in [-0.2, 0) is 6.32 Å². The molecule has 0 spiro atoms. The third kappa shape index (κ3) is 6.88. The highest BCUT2D eigenvalue weighted by Crippen LogP contribution is 2.25. The zero-order valence-electron chi connectivity index (χ0n) is 27.2. The molecule has 3 rings (SSSR count). The molecule has 0 aliphatic rings. The van der Waals surface area contributed by atoms with Crippen LogP contribution in [0, 0.1) is 69.2 Å². The number of hydrogen-bond acceptors (Lipinski definition) is 1. The highest BCUT2D eigenvalue weighted by molar-refractivity contribution is 6.86. The fourth-order valence-electron chi connectivity index (χ4n) is 6.28. The number of benzene rings is 3. The Bertz CT molecular complexity index is 1200. The molecule has 0 N–H and O–H groups in total. The third-order valence-electron chi connectivity index (χ3n) is 7.97. The number of hydrogen-bond donors (Lipinski definition) is 0. The number of rotatable bonds is 6. The highest BCUT2D eigenvalue weighted by Gasteiger charge is 2.30. The van der Waals surface area contributed by atoms with Gasteiger partial charge in [-0.2, -0.15) is 0 Å². The van der Waals surface area contributed by atoms with Gasteiger partial charge in [0.05, 0.1) is 0 Å². The molecule has 2 heteroatoms. The van der Waals surface area contributed by atoms with Crippen LogP contribution in [0.25, 0.3) is 0 Å². The van der Waals surface area contributed by atoms with Crippen molar-refractivity contribution in [3.63, 3.8) is 0 Å². The number of carbonyl (C=O) groups is 1. The van der Waals surface area contributed by atoms with Crippen molar-refractivity contribution >= 4 is 23.4 Å². The van der Waals surface area contributed by atoms with Gasteiger partial charge >= 0.3 is 0 Å². The van der Waals surface area contributed by atoms with Crippen LogP contribution in [0.2, 0.25) is 0 Å². The first kappa shape index (κ1) is 33.4. The molecule has 0 unspecified atom stereocenters. The lowest BCUT2D eigenvalue weighted by Crippen LogP contribution is -2.50. The van der Waals surface area contributed by atoms with Gasteiger partial charge in [0.2, 0.25) is 6.71 Å². The lowest BCUT2D eigenvalue weighted by Gasteiger charge is -2.28. The largest absolute Gasteiger partial charge is 0.294 e. The average Bonchev–Trinajstić information content (AvgIpc) is 2.86. The van der Waals surface area contributed by atoms with Crippen LogP contribution in [-0.4, -0.2) is 12.5 Å². The van der Waals surface area contributed by atoms with Crippen molar-refractivity contribution in [1.29, 1.82) is 0 Å². The van der Waals surface area contributed by atoms with Gasteiger partial charge in [-0.25, -0.2) is 0 Å². The molecule has 3 aromatic rings. The van der Waals surface area contributed by atoms with E-state index in [9.17, 15) is 4.79 Å². The Kier molecular flexibility index (Phi) is 12.8. The molecule has 0 fully saturated rings. The summed E-state index contributed by atoms with van der Waals surface area (Å²) in [7, 11) is 0. The second-order valence-electron chi connectivity index (χ2n) is 10.5. The first-order valence-electron chi connectivity index (χ1n) is 14.7. The third-order valence-corrected chi connectivity index (χ3v) is 7.97. The first-order chi connectivity index (χ1) is 17.9. The van der Waals surface area contributed by atoms with Crippen LogP contribution in [0.4, 0.5) is 0 Å². The predicted molar refractivity (Wildman–Crippen MR) is 173 cm³/mol. The van der Waals surface area contributed by atoms with Crippen molar-refractivity contribution in [2.24, 2.45) is 0 Å². The summed E-state index contributed by atoms with van der Waals surface area (Å²) < 4.78 is 0. The average molecular weight is 513 g/mol. The van der Waals surface area contributed by atoms with Gasteiger partial charge in [0.15, 0.2) is 5.78 Å². The summed E-state index contributed by atoms with van der Waals surface area (Å²) >= 11 is 0. The molecule has 0 saturated heterocycles. The fraction of sp³-hybridized carbons (Fsp3) is 0.472. The van der Waals surface area contributed by atoms with Crippen LogP contribution >= 0.6 is 0 Å². The molecule has 0 amide bonds. The van der Waals surface area contributed by atoms with Crippen molar-refractivity contribution < 1.29 is 4.79 Å². The van der Waals surface area contributed by atoms with Gasteiger partial charge in [0.1, 0.15) is 0 Å². The zero-order chi connectivity index (χ0) is 29.5. The summed E-state index contributed by atoms with van der Waals surface area (Å²) in [4.78, 5) is 12.9. The number of carbonyl (C=O) groups excluding carboxylic acids is 1. The van der Waals surface area contributed by atoms with Gasteiger partial charge in [-0.3, -0.25) is 4.79 Å². The number of aryl methyl sites for hydroxylation is 6. The quantitative estimate of drug-likeness (QED) is 0.238. The van der Waals surface area contributed by atoms with Crippen LogP contribution in [0.5, 0.6) is 0 Å². The Morgan fingerprint density at radius 3 is 1.32 bits per heavy atom. The van der Waals surface area contributed by atoms with E-state index in [1.165, 1.54) is 61.0 Å². The number of ketones is 1. The van der Waals surface area contributed by atoms with Crippen molar-refractivity contribution in [1.82, 2.24) is 0 Å². The molecule has 0 heterocycles. The summed E-state index contributed by atoms with van der Waals surface area (Å²) in [6, 6.07) is 9.27. The van der Waals surface area contributed by atoms with Gasteiger partial charge in [-0.05, 0) is 103 Å². The molecule has 0 atom stereocenters. The van der Waals surface area contributed by atoms with Gasteiger partial charge in [-0.15, -0.1) is 0 Å². The monoisotopic (exact) mass is 512 g/mol. The highest BCUT2D eigenvalue weighted by atomic mass is 16.1. The Morgan fingerprint density at radius 1 is 0.579 bits per heavy atom. The fourth-order valence-corrected chi connectivity index (χ4v) is 6.28. The van der Waals surface area contributed by atoms with Gasteiger partial charge in [-0.1, -0.05) is 103 Å². The minimum Gasteiger partial charge on any atom is -0.294 e. The van der Waals surface area contributed by atoms with Crippen molar-refractivity contribution in [2.75, 3.05) is 0 Å². The van der Waals surface area contributed by atoms with Crippen molar-refractivity contribution in [3.8, 4) is 0 Å². The van der Waals surface area contributed by atoms with Crippen LogP contribution < -0.4 is 10.9 Å². The maximum atomic E-state index is 12.9. The molecular formula is C36H53BO. The second-order valence-corrected chi connectivity index (χ2v) is 10.5.